The van der Waals surface area contributed by atoms with E-state index in [9.17, 15) is 9.59 Å². The van der Waals surface area contributed by atoms with Gasteiger partial charge in [-0.15, -0.1) is 0 Å². The molecule has 0 aromatic heterocycles. The van der Waals surface area contributed by atoms with Crippen LogP contribution in [0.5, 0.6) is 0 Å². The molecule has 21 heavy (non-hydrogen) atoms. The summed E-state index contributed by atoms with van der Waals surface area (Å²) in [7, 11) is 0. The van der Waals surface area contributed by atoms with Crippen LogP contribution >= 0.6 is 0 Å². The number of carbonyl (C=O) groups is 2. The molecule has 1 amide bonds. The summed E-state index contributed by atoms with van der Waals surface area (Å²) in [6.07, 6.45) is 0.603. The van der Waals surface area contributed by atoms with E-state index >= 15 is 0 Å². The first-order valence-electron chi connectivity index (χ1n) is 7.61. The van der Waals surface area contributed by atoms with Crippen LogP contribution in [0.4, 0.5) is 0 Å². The summed E-state index contributed by atoms with van der Waals surface area (Å²) in [4.78, 5) is 25.1. The molecular weight excluding hydrogens is 266 g/mol. The Morgan fingerprint density at radius 2 is 1.76 bits per heavy atom. The van der Waals surface area contributed by atoms with E-state index in [1.54, 1.807) is 6.92 Å². The number of carbonyl (C=O) groups excluding carboxylic acids is 2. The lowest BCUT2D eigenvalue weighted by molar-refractivity contribution is -0.149. The van der Waals surface area contributed by atoms with Crippen molar-refractivity contribution in [2.75, 3.05) is 13.2 Å². The molecule has 1 N–H and O–H groups in total. The molecule has 0 heterocycles. The van der Waals surface area contributed by atoms with E-state index < -0.39 is 10.8 Å². The van der Waals surface area contributed by atoms with Gasteiger partial charge in [0.05, 0.1) is 17.7 Å². The number of Topliss-reactive ketones (excluding diaryl/α,β-unsaturated/α-hetero) is 1. The maximum absolute atomic E-state index is 12.6. The van der Waals surface area contributed by atoms with Crippen LogP contribution in [0.1, 0.15) is 54.9 Å². The largest absolute Gasteiger partial charge is 0.497 e. The molecular formula is C17H31NO3. The minimum Gasteiger partial charge on any atom is -0.497 e. The molecule has 0 aliphatic rings. The fraction of sp³-hybridized carbons (Fsp3) is 0.765. The van der Waals surface area contributed by atoms with Gasteiger partial charge in [0, 0.05) is 11.3 Å². The van der Waals surface area contributed by atoms with E-state index in [0.29, 0.717) is 25.3 Å². The van der Waals surface area contributed by atoms with Gasteiger partial charge < -0.3 is 10.1 Å². The minimum absolute atomic E-state index is 0.0922. The highest BCUT2D eigenvalue weighted by Crippen LogP contribution is 2.44. The molecule has 122 valence electrons. The van der Waals surface area contributed by atoms with E-state index in [1.807, 2.05) is 41.5 Å². The van der Waals surface area contributed by atoms with Crippen molar-refractivity contribution in [3.8, 4) is 0 Å². The van der Waals surface area contributed by atoms with Crippen molar-refractivity contribution < 1.29 is 14.3 Å². The van der Waals surface area contributed by atoms with Crippen molar-refractivity contribution in [1.29, 1.82) is 0 Å². The summed E-state index contributed by atoms with van der Waals surface area (Å²) in [5.41, 5.74) is -1.45. The van der Waals surface area contributed by atoms with Crippen LogP contribution in [-0.4, -0.2) is 24.8 Å². The van der Waals surface area contributed by atoms with Gasteiger partial charge >= 0.3 is 0 Å². The monoisotopic (exact) mass is 297 g/mol. The highest BCUT2D eigenvalue weighted by atomic mass is 16.5. The summed E-state index contributed by atoms with van der Waals surface area (Å²) < 4.78 is 5.23. The molecule has 0 rings (SSSR count). The summed E-state index contributed by atoms with van der Waals surface area (Å²) in [6.45, 7) is 17.5. The van der Waals surface area contributed by atoms with Crippen LogP contribution in [0, 0.1) is 16.7 Å². The van der Waals surface area contributed by atoms with Crippen molar-refractivity contribution in [2.45, 2.75) is 54.9 Å². The average molecular weight is 297 g/mol. The van der Waals surface area contributed by atoms with Gasteiger partial charge in [0.1, 0.15) is 12.4 Å². The normalized spacial score (nSPS) is 14.5. The van der Waals surface area contributed by atoms with Crippen LogP contribution in [0.25, 0.3) is 0 Å². The Balaban J connectivity index is 4.96. The van der Waals surface area contributed by atoms with Crippen molar-refractivity contribution in [3.63, 3.8) is 0 Å². The lowest BCUT2D eigenvalue weighted by atomic mass is 9.60. The number of hydrogen-bond acceptors (Lipinski definition) is 3. The zero-order valence-corrected chi connectivity index (χ0v) is 14.6. The number of hydrogen-bond donors (Lipinski definition) is 1. The highest BCUT2D eigenvalue weighted by Gasteiger charge is 2.50. The van der Waals surface area contributed by atoms with E-state index in [1.165, 1.54) is 0 Å². The van der Waals surface area contributed by atoms with Gasteiger partial charge in [-0.2, -0.15) is 0 Å². The molecule has 0 saturated carbocycles. The SMILES string of the molecule is C=C(C)OCCNC(=O)C(C)(CC)C(C)(C)C(=O)C(C)C. The second kappa shape index (κ2) is 7.62. The van der Waals surface area contributed by atoms with Crippen LogP contribution in [0.15, 0.2) is 12.3 Å². The molecule has 4 heteroatoms. The molecule has 1 atom stereocenters. The summed E-state index contributed by atoms with van der Waals surface area (Å²) in [6, 6.07) is 0. The zero-order valence-electron chi connectivity index (χ0n) is 14.6. The van der Waals surface area contributed by atoms with E-state index in [4.69, 9.17) is 4.74 Å². The fourth-order valence-electron chi connectivity index (χ4n) is 2.46. The van der Waals surface area contributed by atoms with Crippen LogP contribution in [0.2, 0.25) is 0 Å². The van der Waals surface area contributed by atoms with Gasteiger partial charge in [-0.05, 0) is 20.3 Å². The number of amides is 1. The third-order valence-electron chi connectivity index (χ3n) is 4.46. The summed E-state index contributed by atoms with van der Waals surface area (Å²) in [5.74, 6) is 0.540. The van der Waals surface area contributed by atoms with Gasteiger partial charge in [-0.3, -0.25) is 9.59 Å². The average Bonchev–Trinajstić information content (AvgIpc) is 2.40. The van der Waals surface area contributed by atoms with Gasteiger partial charge in [0.15, 0.2) is 0 Å². The lowest BCUT2D eigenvalue weighted by Crippen LogP contribution is -2.52. The fourth-order valence-corrected chi connectivity index (χ4v) is 2.46. The molecule has 0 radical (unpaired) electrons. The first-order valence-corrected chi connectivity index (χ1v) is 7.61. The third kappa shape index (κ3) is 4.58. The molecule has 0 aliphatic carbocycles. The van der Waals surface area contributed by atoms with E-state index in [2.05, 4.69) is 11.9 Å². The molecule has 1 unspecified atom stereocenters. The number of allylic oxidation sites excluding steroid dienone is 1. The first kappa shape index (κ1) is 19.7. The molecule has 0 aliphatic heterocycles. The molecule has 0 saturated heterocycles. The smallest absolute Gasteiger partial charge is 0.227 e. The minimum atomic E-state index is -0.739. The third-order valence-corrected chi connectivity index (χ3v) is 4.46. The number of ketones is 1. The standard InChI is InChI=1S/C17H31NO3/c1-9-17(8,16(6,7)14(19)12(2)3)15(20)18-10-11-21-13(4)5/h12H,4,9-11H2,1-3,5-8H3,(H,18,20). The zero-order chi connectivity index (χ0) is 16.8. The van der Waals surface area contributed by atoms with E-state index in [0.717, 1.165) is 0 Å². The molecule has 0 aromatic carbocycles. The van der Waals surface area contributed by atoms with Gasteiger partial charge in [0.2, 0.25) is 5.91 Å². The predicted molar refractivity (Wildman–Crippen MR) is 85.8 cm³/mol. The van der Waals surface area contributed by atoms with Gasteiger partial charge in [-0.25, -0.2) is 0 Å². The molecule has 0 fully saturated rings. The van der Waals surface area contributed by atoms with Crippen molar-refractivity contribution in [1.82, 2.24) is 5.32 Å². The van der Waals surface area contributed by atoms with Crippen molar-refractivity contribution in [2.24, 2.45) is 16.7 Å². The molecule has 0 spiro atoms. The Morgan fingerprint density at radius 1 is 1.24 bits per heavy atom. The van der Waals surface area contributed by atoms with Crippen LogP contribution < -0.4 is 5.32 Å². The first-order chi connectivity index (χ1) is 9.50. The summed E-state index contributed by atoms with van der Waals surface area (Å²) >= 11 is 0. The second-order valence-corrected chi connectivity index (χ2v) is 6.64. The lowest BCUT2D eigenvalue weighted by Gasteiger charge is -2.42. The second-order valence-electron chi connectivity index (χ2n) is 6.64. The Hall–Kier alpha value is -1.32. The topological polar surface area (TPSA) is 55.4 Å². The van der Waals surface area contributed by atoms with Crippen LogP contribution in [-0.2, 0) is 14.3 Å². The molecule has 0 bridgehead atoms. The Morgan fingerprint density at radius 3 is 2.14 bits per heavy atom. The predicted octanol–water partition coefficient (Wildman–Crippen LogP) is 3.32. The Labute approximate surface area is 129 Å². The van der Waals surface area contributed by atoms with Gasteiger partial charge in [-0.1, -0.05) is 41.2 Å². The maximum Gasteiger partial charge on any atom is 0.227 e. The quantitative estimate of drug-likeness (QED) is 0.524. The number of ether oxygens (including phenoxy) is 1. The maximum atomic E-state index is 12.6. The van der Waals surface area contributed by atoms with Crippen molar-refractivity contribution >= 4 is 11.7 Å². The molecule has 4 nitrogen and oxygen atoms in total. The van der Waals surface area contributed by atoms with Gasteiger partial charge in [0.25, 0.3) is 0 Å². The van der Waals surface area contributed by atoms with Crippen LogP contribution in [0.3, 0.4) is 0 Å². The Kier molecular flexibility index (Phi) is 7.14. The number of rotatable bonds is 9. The highest BCUT2D eigenvalue weighted by molar-refractivity contribution is 5.94. The van der Waals surface area contributed by atoms with E-state index in [-0.39, 0.29) is 17.6 Å². The molecule has 0 aromatic rings. The summed E-state index contributed by atoms with van der Waals surface area (Å²) in [5, 5.41) is 2.87. The number of nitrogens with one attached hydrogen (secondary N) is 1. The Bertz CT molecular complexity index is 399. The van der Waals surface area contributed by atoms with Crippen molar-refractivity contribution in [3.05, 3.63) is 12.3 Å².